The first kappa shape index (κ1) is 13.9. The number of nitrogens with two attached hydrogens (primary N) is 1. The van der Waals surface area contributed by atoms with E-state index in [1.54, 1.807) is 6.07 Å². The van der Waals surface area contributed by atoms with E-state index in [0.717, 1.165) is 16.4 Å². The molecular formula is C13H13BrN2O2S. The first-order chi connectivity index (χ1) is 8.88. The average molecular weight is 341 g/mol. The van der Waals surface area contributed by atoms with E-state index in [2.05, 4.69) is 21.2 Å². The zero-order valence-corrected chi connectivity index (χ0v) is 12.6. The van der Waals surface area contributed by atoms with Crippen LogP contribution in [-0.4, -0.2) is 14.7 Å². The van der Waals surface area contributed by atoms with Crippen molar-refractivity contribution in [1.82, 2.24) is 0 Å². The second-order valence-corrected chi connectivity index (χ2v) is 7.00. The lowest BCUT2D eigenvalue weighted by Crippen LogP contribution is -2.01. The summed E-state index contributed by atoms with van der Waals surface area (Å²) < 4.78 is 23.8. The molecule has 2 aromatic carbocycles. The molecule has 0 fully saturated rings. The number of sulfone groups is 1. The number of nitrogen functional groups attached to an aromatic ring is 1. The standard InChI is InChI=1S/C13H13BrN2O2S/c1-19(17,18)9-6-7-13(11(15)8-9)16-12-5-3-2-4-10(12)14/h2-8,16H,15H2,1H3. The van der Waals surface area contributed by atoms with E-state index >= 15 is 0 Å². The molecular weight excluding hydrogens is 328 g/mol. The SMILES string of the molecule is CS(=O)(=O)c1ccc(Nc2ccccc2Br)c(N)c1. The Bertz CT molecular complexity index is 714. The Kier molecular flexibility index (Phi) is 3.82. The summed E-state index contributed by atoms with van der Waals surface area (Å²) >= 11 is 3.43. The highest BCUT2D eigenvalue weighted by Gasteiger charge is 2.10. The maximum atomic E-state index is 11.4. The number of benzene rings is 2. The van der Waals surface area contributed by atoms with Crippen LogP contribution in [-0.2, 0) is 9.84 Å². The van der Waals surface area contributed by atoms with Crippen molar-refractivity contribution in [3.63, 3.8) is 0 Å². The summed E-state index contributed by atoms with van der Waals surface area (Å²) in [5.41, 5.74) is 7.79. The molecule has 0 saturated heterocycles. The maximum absolute atomic E-state index is 11.4. The van der Waals surface area contributed by atoms with Crippen molar-refractivity contribution in [3.05, 3.63) is 46.9 Å². The van der Waals surface area contributed by atoms with E-state index in [1.807, 2.05) is 24.3 Å². The third kappa shape index (κ3) is 3.27. The largest absolute Gasteiger partial charge is 0.397 e. The normalized spacial score (nSPS) is 11.3. The molecule has 0 aliphatic rings. The molecule has 0 unspecified atom stereocenters. The second kappa shape index (κ2) is 5.22. The predicted octanol–water partition coefficient (Wildman–Crippen LogP) is 3.18. The first-order valence-corrected chi connectivity index (χ1v) is 8.17. The molecule has 0 bridgehead atoms. The first-order valence-electron chi connectivity index (χ1n) is 5.49. The minimum atomic E-state index is -3.24. The van der Waals surface area contributed by atoms with Gasteiger partial charge in [-0.1, -0.05) is 12.1 Å². The minimum Gasteiger partial charge on any atom is -0.397 e. The number of hydrogen-bond acceptors (Lipinski definition) is 4. The quantitative estimate of drug-likeness (QED) is 0.841. The molecule has 0 heterocycles. The van der Waals surface area contributed by atoms with Crippen LogP contribution in [0.1, 0.15) is 0 Å². The zero-order valence-electron chi connectivity index (χ0n) is 10.2. The number of hydrogen-bond donors (Lipinski definition) is 2. The molecule has 2 aromatic rings. The smallest absolute Gasteiger partial charge is 0.175 e. The Labute approximate surface area is 120 Å². The zero-order chi connectivity index (χ0) is 14.0. The molecule has 0 aliphatic heterocycles. The molecule has 0 amide bonds. The van der Waals surface area contributed by atoms with Crippen molar-refractivity contribution >= 4 is 42.8 Å². The van der Waals surface area contributed by atoms with Crippen molar-refractivity contribution in [1.29, 1.82) is 0 Å². The fraction of sp³-hybridized carbons (Fsp3) is 0.0769. The highest BCUT2D eigenvalue weighted by Crippen LogP contribution is 2.29. The molecule has 100 valence electrons. The Balaban J connectivity index is 2.36. The van der Waals surface area contributed by atoms with Gasteiger partial charge in [0.25, 0.3) is 0 Å². The lowest BCUT2D eigenvalue weighted by atomic mass is 10.2. The summed E-state index contributed by atoms with van der Waals surface area (Å²) in [5, 5.41) is 3.15. The lowest BCUT2D eigenvalue weighted by Gasteiger charge is -2.11. The molecule has 0 atom stereocenters. The molecule has 0 saturated carbocycles. The Morgan fingerprint density at radius 2 is 1.79 bits per heavy atom. The Hall–Kier alpha value is -1.53. The molecule has 19 heavy (non-hydrogen) atoms. The van der Waals surface area contributed by atoms with Gasteiger partial charge in [0, 0.05) is 10.7 Å². The van der Waals surface area contributed by atoms with Gasteiger partial charge in [0.15, 0.2) is 9.84 Å². The number of para-hydroxylation sites is 1. The van der Waals surface area contributed by atoms with Crippen LogP contribution in [0.3, 0.4) is 0 Å². The third-order valence-electron chi connectivity index (χ3n) is 2.59. The Morgan fingerprint density at radius 1 is 1.11 bits per heavy atom. The van der Waals surface area contributed by atoms with Gasteiger partial charge in [-0.25, -0.2) is 8.42 Å². The highest BCUT2D eigenvalue weighted by atomic mass is 79.9. The molecule has 0 spiro atoms. The van der Waals surface area contributed by atoms with Crippen molar-refractivity contribution < 1.29 is 8.42 Å². The summed E-state index contributed by atoms with van der Waals surface area (Å²) in [6, 6.07) is 12.3. The van der Waals surface area contributed by atoms with Crippen LogP contribution in [0.25, 0.3) is 0 Å². The topological polar surface area (TPSA) is 72.2 Å². The van der Waals surface area contributed by atoms with E-state index in [0.29, 0.717) is 11.4 Å². The minimum absolute atomic E-state index is 0.211. The molecule has 3 N–H and O–H groups in total. The van der Waals surface area contributed by atoms with Crippen LogP contribution in [0, 0.1) is 0 Å². The van der Waals surface area contributed by atoms with Crippen LogP contribution < -0.4 is 11.1 Å². The van der Waals surface area contributed by atoms with Crippen molar-refractivity contribution in [2.45, 2.75) is 4.90 Å². The fourth-order valence-electron chi connectivity index (χ4n) is 1.59. The number of rotatable bonds is 3. The van der Waals surface area contributed by atoms with Gasteiger partial charge in [-0.05, 0) is 46.3 Å². The van der Waals surface area contributed by atoms with Gasteiger partial charge in [0.1, 0.15) is 0 Å². The number of anilines is 3. The van der Waals surface area contributed by atoms with Gasteiger partial charge in [0.2, 0.25) is 0 Å². The highest BCUT2D eigenvalue weighted by molar-refractivity contribution is 9.10. The monoisotopic (exact) mass is 340 g/mol. The van der Waals surface area contributed by atoms with E-state index < -0.39 is 9.84 Å². The molecule has 2 rings (SSSR count). The molecule has 0 radical (unpaired) electrons. The van der Waals surface area contributed by atoms with E-state index in [1.165, 1.54) is 12.1 Å². The van der Waals surface area contributed by atoms with Gasteiger partial charge in [-0.2, -0.15) is 0 Å². The van der Waals surface area contributed by atoms with Crippen LogP contribution in [0.2, 0.25) is 0 Å². The molecule has 6 heteroatoms. The number of nitrogens with one attached hydrogen (secondary N) is 1. The van der Waals surface area contributed by atoms with Crippen LogP contribution in [0.5, 0.6) is 0 Å². The second-order valence-electron chi connectivity index (χ2n) is 4.13. The lowest BCUT2D eigenvalue weighted by molar-refractivity contribution is 0.602. The third-order valence-corrected chi connectivity index (χ3v) is 4.40. The summed E-state index contributed by atoms with van der Waals surface area (Å²) in [7, 11) is -3.24. The van der Waals surface area contributed by atoms with Crippen molar-refractivity contribution in [3.8, 4) is 0 Å². The molecule has 0 aromatic heterocycles. The van der Waals surface area contributed by atoms with E-state index in [9.17, 15) is 8.42 Å². The molecule has 4 nitrogen and oxygen atoms in total. The van der Waals surface area contributed by atoms with Gasteiger partial charge in [-0.15, -0.1) is 0 Å². The van der Waals surface area contributed by atoms with Crippen molar-refractivity contribution in [2.75, 3.05) is 17.3 Å². The van der Waals surface area contributed by atoms with E-state index in [-0.39, 0.29) is 4.90 Å². The van der Waals surface area contributed by atoms with Crippen LogP contribution >= 0.6 is 15.9 Å². The summed E-state index contributed by atoms with van der Waals surface area (Å²) in [5.74, 6) is 0. The fourth-order valence-corrected chi connectivity index (χ4v) is 2.63. The predicted molar refractivity (Wildman–Crippen MR) is 81.4 cm³/mol. The molecule has 0 aliphatic carbocycles. The van der Waals surface area contributed by atoms with Crippen molar-refractivity contribution in [2.24, 2.45) is 0 Å². The van der Waals surface area contributed by atoms with Gasteiger partial charge in [0.05, 0.1) is 22.0 Å². The van der Waals surface area contributed by atoms with Gasteiger partial charge in [-0.3, -0.25) is 0 Å². The Morgan fingerprint density at radius 3 is 2.37 bits per heavy atom. The van der Waals surface area contributed by atoms with Crippen LogP contribution in [0.15, 0.2) is 51.8 Å². The maximum Gasteiger partial charge on any atom is 0.175 e. The van der Waals surface area contributed by atoms with Gasteiger partial charge >= 0.3 is 0 Å². The summed E-state index contributed by atoms with van der Waals surface area (Å²) in [4.78, 5) is 0.211. The average Bonchev–Trinajstić information content (AvgIpc) is 2.33. The van der Waals surface area contributed by atoms with E-state index in [4.69, 9.17) is 5.73 Å². The van der Waals surface area contributed by atoms with Gasteiger partial charge < -0.3 is 11.1 Å². The number of halogens is 1. The van der Waals surface area contributed by atoms with Crippen LogP contribution in [0.4, 0.5) is 17.1 Å². The summed E-state index contributed by atoms with van der Waals surface area (Å²) in [6.07, 6.45) is 1.16. The summed E-state index contributed by atoms with van der Waals surface area (Å²) in [6.45, 7) is 0.